The van der Waals surface area contributed by atoms with E-state index in [1.54, 1.807) is 6.20 Å². The average Bonchev–Trinajstić information content (AvgIpc) is 3.00. The van der Waals surface area contributed by atoms with Crippen molar-refractivity contribution >= 4 is 10.9 Å². The van der Waals surface area contributed by atoms with E-state index in [0.29, 0.717) is 25.1 Å². The molecule has 2 heterocycles. The summed E-state index contributed by atoms with van der Waals surface area (Å²) in [6.45, 7) is 2.06. The minimum atomic E-state index is -1.44. The zero-order valence-corrected chi connectivity index (χ0v) is 10.8. The summed E-state index contributed by atoms with van der Waals surface area (Å²) in [6, 6.07) is 0.969. The lowest BCUT2D eigenvalue weighted by atomic mass is 10.1. The van der Waals surface area contributed by atoms with Gasteiger partial charge in [-0.3, -0.25) is 0 Å². The van der Waals surface area contributed by atoms with E-state index in [4.69, 9.17) is 0 Å². The molecule has 20 heavy (non-hydrogen) atoms. The van der Waals surface area contributed by atoms with Crippen LogP contribution in [-0.4, -0.2) is 40.7 Å². The van der Waals surface area contributed by atoms with Crippen LogP contribution in [0.25, 0.3) is 10.9 Å². The summed E-state index contributed by atoms with van der Waals surface area (Å²) in [6.07, 6.45) is 2.54. The van der Waals surface area contributed by atoms with Crippen LogP contribution >= 0.6 is 0 Å². The van der Waals surface area contributed by atoms with E-state index < -0.39 is 17.5 Å². The molecule has 1 saturated heterocycles. The number of aliphatic hydroxyl groups is 1. The summed E-state index contributed by atoms with van der Waals surface area (Å²) >= 11 is 0. The van der Waals surface area contributed by atoms with Gasteiger partial charge in [-0.05, 0) is 18.4 Å². The molecule has 0 amide bonds. The van der Waals surface area contributed by atoms with Gasteiger partial charge in [-0.15, -0.1) is 0 Å². The molecule has 6 heteroatoms. The van der Waals surface area contributed by atoms with E-state index in [9.17, 15) is 18.3 Å². The van der Waals surface area contributed by atoms with Gasteiger partial charge in [-0.1, -0.05) is 0 Å². The quantitative estimate of drug-likeness (QED) is 0.848. The van der Waals surface area contributed by atoms with Crippen LogP contribution in [0.1, 0.15) is 12.0 Å². The highest BCUT2D eigenvalue weighted by Gasteiger charge is 2.21. The van der Waals surface area contributed by atoms with Crippen molar-refractivity contribution in [3.63, 3.8) is 0 Å². The number of nitrogens with one attached hydrogen (secondary N) is 1. The molecular formula is C14H15F3N2O. The topological polar surface area (TPSA) is 39.3 Å². The highest BCUT2D eigenvalue weighted by Crippen LogP contribution is 2.26. The van der Waals surface area contributed by atoms with Crippen LogP contribution in [0, 0.1) is 17.5 Å². The lowest BCUT2D eigenvalue weighted by Crippen LogP contribution is -2.24. The second kappa shape index (κ2) is 5.10. The predicted molar refractivity (Wildman–Crippen MR) is 68.9 cm³/mol. The van der Waals surface area contributed by atoms with Crippen LogP contribution in [0.3, 0.4) is 0 Å². The summed E-state index contributed by atoms with van der Waals surface area (Å²) in [7, 11) is 0. The first-order chi connectivity index (χ1) is 9.56. The molecule has 108 valence electrons. The van der Waals surface area contributed by atoms with Gasteiger partial charge in [0.25, 0.3) is 0 Å². The standard InChI is InChI=1S/C14H15F3N2O/c15-10-5-11-12(14(17)13(10)16)8(6-18-11)1-3-19-4-2-9(20)7-19/h5-6,9,18,20H,1-4,7H2. The molecule has 2 N–H and O–H groups in total. The van der Waals surface area contributed by atoms with Gasteiger partial charge in [0.05, 0.1) is 11.6 Å². The van der Waals surface area contributed by atoms with Crippen LogP contribution in [0.5, 0.6) is 0 Å². The third-order valence-electron chi connectivity index (χ3n) is 3.83. The Bertz CT molecular complexity index is 641. The van der Waals surface area contributed by atoms with Crippen LogP contribution in [0.4, 0.5) is 13.2 Å². The predicted octanol–water partition coefficient (Wildman–Crippen LogP) is 2.19. The smallest absolute Gasteiger partial charge is 0.195 e. The molecule has 1 aliphatic heterocycles. The molecule has 1 aromatic carbocycles. The number of nitrogens with zero attached hydrogens (tertiary/aromatic N) is 1. The Morgan fingerprint density at radius 3 is 2.80 bits per heavy atom. The maximum atomic E-state index is 13.8. The number of hydrogen-bond acceptors (Lipinski definition) is 2. The number of hydrogen-bond donors (Lipinski definition) is 2. The fraction of sp³-hybridized carbons (Fsp3) is 0.429. The minimum absolute atomic E-state index is 0.114. The molecule has 1 unspecified atom stereocenters. The first-order valence-electron chi connectivity index (χ1n) is 6.60. The highest BCUT2D eigenvalue weighted by atomic mass is 19.2. The number of aromatic nitrogens is 1. The SMILES string of the molecule is OC1CCN(CCc2c[nH]c3cc(F)c(F)c(F)c23)C1. The van der Waals surface area contributed by atoms with Gasteiger partial charge < -0.3 is 15.0 Å². The molecule has 3 nitrogen and oxygen atoms in total. The molecular weight excluding hydrogens is 269 g/mol. The van der Waals surface area contributed by atoms with E-state index in [1.807, 2.05) is 0 Å². The number of benzene rings is 1. The normalized spacial score (nSPS) is 20.1. The monoisotopic (exact) mass is 284 g/mol. The van der Waals surface area contributed by atoms with Crippen LogP contribution in [0.2, 0.25) is 0 Å². The molecule has 0 spiro atoms. The van der Waals surface area contributed by atoms with Crippen molar-refractivity contribution in [1.29, 1.82) is 0 Å². The molecule has 1 aromatic heterocycles. The van der Waals surface area contributed by atoms with Crippen molar-refractivity contribution in [2.75, 3.05) is 19.6 Å². The lowest BCUT2D eigenvalue weighted by molar-refractivity contribution is 0.177. The fourth-order valence-corrected chi connectivity index (χ4v) is 2.75. The Balaban J connectivity index is 1.83. The van der Waals surface area contributed by atoms with Crippen molar-refractivity contribution < 1.29 is 18.3 Å². The average molecular weight is 284 g/mol. The first kappa shape index (κ1) is 13.5. The second-order valence-corrected chi connectivity index (χ2v) is 5.22. The Hall–Kier alpha value is -1.53. The van der Waals surface area contributed by atoms with E-state index in [1.165, 1.54) is 0 Å². The molecule has 1 aliphatic rings. The van der Waals surface area contributed by atoms with Crippen molar-refractivity contribution in [3.8, 4) is 0 Å². The molecule has 0 radical (unpaired) electrons. The van der Waals surface area contributed by atoms with E-state index in [-0.39, 0.29) is 17.0 Å². The number of aromatic amines is 1. The fourth-order valence-electron chi connectivity index (χ4n) is 2.75. The van der Waals surface area contributed by atoms with Gasteiger partial charge in [0.1, 0.15) is 0 Å². The second-order valence-electron chi connectivity index (χ2n) is 5.22. The van der Waals surface area contributed by atoms with Crippen molar-refractivity contribution in [2.24, 2.45) is 0 Å². The Labute approximate surface area is 114 Å². The number of likely N-dealkylation sites (tertiary alicyclic amines) is 1. The van der Waals surface area contributed by atoms with Gasteiger partial charge in [0.2, 0.25) is 0 Å². The molecule has 0 saturated carbocycles. The van der Waals surface area contributed by atoms with Crippen LogP contribution in [-0.2, 0) is 6.42 Å². The summed E-state index contributed by atoms with van der Waals surface area (Å²) in [5, 5.41) is 9.55. The van der Waals surface area contributed by atoms with Gasteiger partial charge in [-0.2, -0.15) is 0 Å². The molecule has 0 bridgehead atoms. The number of halogens is 3. The van der Waals surface area contributed by atoms with Gasteiger partial charge in [-0.25, -0.2) is 13.2 Å². The first-order valence-corrected chi connectivity index (χ1v) is 6.60. The minimum Gasteiger partial charge on any atom is -0.392 e. The summed E-state index contributed by atoms with van der Waals surface area (Å²) in [5.74, 6) is -3.77. The van der Waals surface area contributed by atoms with E-state index in [0.717, 1.165) is 19.0 Å². The zero-order chi connectivity index (χ0) is 14.3. The third kappa shape index (κ3) is 2.29. The van der Waals surface area contributed by atoms with Crippen LogP contribution < -0.4 is 0 Å². The number of β-amino-alcohol motifs (C(OH)–C–C–N with tert-alkyl or cyclic N) is 1. The van der Waals surface area contributed by atoms with Crippen molar-refractivity contribution in [3.05, 3.63) is 35.3 Å². The number of aliphatic hydroxyl groups excluding tert-OH is 1. The van der Waals surface area contributed by atoms with Gasteiger partial charge >= 0.3 is 0 Å². The lowest BCUT2D eigenvalue weighted by Gasteiger charge is -2.14. The third-order valence-corrected chi connectivity index (χ3v) is 3.83. The number of H-pyrrole nitrogens is 1. The van der Waals surface area contributed by atoms with Crippen molar-refractivity contribution in [1.82, 2.24) is 9.88 Å². The number of rotatable bonds is 3. The molecule has 3 rings (SSSR count). The Kier molecular flexibility index (Phi) is 3.43. The summed E-state index contributed by atoms with van der Waals surface area (Å²) in [5.41, 5.74) is 0.885. The van der Waals surface area contributed by atoms with E-state index >= 15 is 0 Å². The zero-order valence-electron chi connectivity index (χ0n) is 10.8. The summed E-state index contributed by atoms with van der Waals surface area (Å²) < 4.78 is 40.3. The molecule has 1 fully saturated rings. The Morgan fingerprint density at radius 2 is 2.10 bits per heavy atom. The van der Waals surface area contributed by atoms with Crippen LogP contribution in [0.15, 0.2) is 12.3 Å². The van der Waals surface area contributed by atoms with E-state index in [2.05, 4.69) is 9.88 Å². The molecule has 1 atom stereocenters. The van der Waals surface area contributed by atoms with Gasteiger partial charge in [0.15, 0.2) is 17.5 Å². The molecule has 0 aliphatic carbocycles. The number of fused-ring (bicyclic) bond motifs is 1. The summed E-state index contributed by atoms with van der Waals surface area (Å²) in [4.78, 5) is 4.84. The largest absolute Gasteiger partial charge is 0.392 e. The Morgan fingerprint density at radius 1 is 1.30 bits per heavy atom. The van der Waals surface area contributed by atoms with Crippen molar-refractivity contribution in [2.45, 2.75) is 18.9 Å². The van der Waals surface area contributed by atoms with Gasteiger partial charge in [0, 0.05) is 37.3 Å². The molecule has 2 aromatic rings. The maximum Gasteiger partial charge on any atom is 0.195 e. The maximum absolute atomic E-state index is 13.8. The highest BCUT2D eigenvalue weighted by molar-refractivity contribution is 5.84.